The van der Waals surface area contributed by atoms with Crippen molar-refractivity contribution < 1.29 is 5.11 Å². The second kappa shape index (κ2) is 8.84. The van der Waals surface area contributed by atoms with Crippen molar-refractivity contribution in [3.8, 4) is 11.3 Å². The summed E-state index contributed by atoms with van der Waals surface area (Å²) < 4.78 is 0. The molecule has 1 aromatic carbocycles. The highest BCUT2D eigenvalue weighted by molar-refractivity contribution is 7.14. The number of benzene rings is 1. The number of anilines is 1. The number of aliphatic hydroxyl groups excluding tert-OH is 1. The van der Waals surface area contributed by atoms with Crippen LogP contribution in [0.2, 0.25) is 0 Å². The second-order valence-corrected chi connectivity index (χ2v) is 11.8. The molecule has 0 unspecified atom stereocenters. The van der Waals surface area contributed by atoms with Gasteiger partial charge in [-0.05, 0) is 66.7 Å². The maximum Gasteiger partial charge on any atom is 0.185 e. The molecule has 2 aliphatic rings. The van der Waals surface area contributed by atoms with Crippen LogP contribution in [0, 0.1) is 5.92 Å². The molecule has 4 rings (SSSR count). The summed E-state index contributed by atoms with van der Waals surface area (Å²) in [7, 11) is 2.11. The monoisotopic (exact) mass is 441 g/mol. The fourth-order valence-corrected chi connectivity index (χ4v) is 6.19. The van der Waals surface area contributed by atoms with E-state index in [4.69, 9.17) is 10.1 Å². The van der Waals surface area contributed by atoms with E-state index in [1.807, 2.05) is 0 Å². The molecule has 0 amide bonds. The molecule has 170 valence electrons. The lowest BCUT2D eigenvalue weighted by atomic mass is 9.63. The van der Waals surface area contributed by atoms with Crippen LogP contribution in [0.25, 0.3) is 11.3 Å². The summed E-state index contributed by atoms with van der Waals surface area (Å²) in [5.74, 6) is 0.721. The SMILES string of the molecule is CN(CCO)CC1CCN(c2nc(-c3ccc4c(c3)C(C)(C)CCC4(C)C)cs2)CC1. The summed E-state index contributed by atoms with van der Waals surface area (Å²) in [6.07, 6.45) is 4.89. The Labute approximate surface area is 192 Å². The third-order valence-electron chi connectivity index (χ3n) is 7.58. The van der Waals surface area contributed by atoms with E-state index >= 15 is 0 Å². The topological polar surface area (TPSA) is 39.6 Å². The van der Waals surface area contributed by atoms with Crippen molar-refractivity contribution in [3.05, 3.63) is 34.7 Å². The number of nitrogens with zero attached hydrogens (tertiary/aromatic N) is 3. The number of hydrogen-bond acceptors (Lipinski definition) is 5. The van der Waals surface area contributed by atoms with E-state index in [9.17, 15) is 0 Å². The molecule has 31 heavy (non-hydrogen) atoms. The van der Waals surface area contributed by atoms with Crippen molar-refractivity contribution >= 4 is 16.5 Å². The molecule has 1 aromatic heterocycles. The van der Waals surface area contributed by atoms with Crippen LogP contribution in [0.5, 0.6) is 0 Å². The molecule has 1 fully saturated rings. The van der Waals surface area contributed by atoms with Gasteiger partial charge in [-0.3, -0.25) is 0 Å². The van der Waals surface area contributed by atoms with Crippen molar-refractivity contribution in [2.45, 2.75) is 64.2 Å². The summed E-state index contributed by atoms with van der Waals surface area (Å²) >= 11 is 1.78. The van der Waals surface area contributed by atoms with Gasteiger partial charge >= 0.3 is 0 Å². The number of fused-ring (bicyclic) bond motifs is 1. The first-order valence-corrected chi connectivity index (χ1v) is 12.7. The Hall–Kier alpha value is -1.43. The van der Waals surface area contributed by atoms with Crippen LogP contribution in [-0.4, -0.2) is 54.8 Å². The smallest absolute Gasteiger partial charge is 0.185 e. The van der Waals surface area contributed by atoms with E-state index in [1.54, 1.807) is 11.3 Å². The van der Waals surface area contributed by atoms with E-state index < -0.39 is 0 Å². The Kier molecular flexibility index (Phi) is 6.49. The normalized spacial score (nSPS) is 20.8. The third kappa shape index (κ3) is 4.84. The zero-order valence-corrected chi connectivity index (χ0v) is 20.8. The number of thiazole rings is 1. The summed E-state index contributed by atoms with van der Waals surface area (Å²) in [4.78, 5) is 9.76. The maximum atomic E-state index is 9.12. The molecule has 0 bridgehead atoms. The minimum atomic E-state index is 0.227. The van der Waals surface area contributed by atoms with Gasteiger partial charge in [0, 0.05) is 37.1 Å². The first-order valence-electron chi connectivity index (χ1n) is 11.8. The van der Waals surface area contributed by atoms with Crippen molar-refractivity contribution in [2.24, 2.45) is 5.92 Å². The van der Waals surface area contributed by atoms with Gasteiger partial charge in [-0.15, -0.1) is 11.3 Å². The van der Waals surface area contributed by atoms with Crippen LogP contribution in [0.4, 0.5) is 5.13 Å². The van der Waals surface area contributed by atoms with Crippen LogP contribution in [0.1, 0.15) is 64.5 Å². The van der Waals surface area contributed by atoms with Gasteiger partial charge in [0.25, 0.3) is 0 Å². The minimum absolute atomic E-state index is 0.227. The van der Waals surface area contributed by atoms with E-state index in [2.05, 4.69) is 68.1 Å². The molecule has 0 atom stereocenters. The molecule has 1 aliphatic heterocycles. The first kappa shape index (κ1) is 22.8. The molecular formula is C26H39N3OS. The fraction of sp³-hybridized carbons (Fsp3) is 0.654. The minimum Gasteiger partial charge on any atom is -0.395 e. The van der Waals surface area contributed by atoms with Crippen molar-refractivity contribution in [3.63, 3.8) is 0 Å². The number of rotatable bonds is 6. The molecule has 2 aromatic rings. The third-order valence-corrected chi connectivity index (χ3v) is 8.48. The molecule has 0 saturated carbocycles. The van der Waals surface area contributed by atoms with Gasteiger partial charge in [-0.2, -0.15) is 0 Å². The summed E-state index contributed by atoms with van der Waals surface area (Å²) in [6.45, 7) is 13.8. The maximum absolute atomic E-state index is 9.12. The van der Waals surface area contributed by atoms with Gasteiger partial charge in [0.2, 0.25) is 0 Å². The predicted octanol–water partition coefficient (Wildman–Crippen LogP) is 5.30. The zero-order chi connectivity index (χ0) is 22.2. The zero-order valence-electron chi connectivity index (χ0n) is 19.9. The lowest BCUT2D eigenvalue weighted by Crippen LogP contribution is -2.38. The molecule has 1 N–H and O–H groups in total. The average Bonchev–Trinajstić information content (AvgIpc) is 3.22. The summed E-state index contributed by atoms with van der Waals surface area (Å²) in [6, 6.07) is 7.06. The second-order valence-electron chi connectivity index (χ2n) is 11.0. The number of aromatic nitrogens is 1. The van der Waals surface area contributed by atoms with Crippen LogP contribution in [0.15, 0.2) is 23.6 Å². The van der Waals surface area contributed by atoms with Crippen molar-refractivity contribution in [2.75, 3.05) is 44.7 Å². The molecule has 0 spiro atoms. The molecule has 4 nitrogen and oxygen atoms in total. The van der Waals surface area contributed by atoms with Gasteiger partial charge in [-0.1, -0.05) is 39.8 Å². The number of hydrogen-bond donors (Lipinski definition) is 1. The van der Waals surface area contributed by atoms with Crippen LogP contribution < -0.4 is 4.90 Å². The molecule has 2 heterocycles. The Morgan fingerprint density at radius 2 is 1.77 bits per heavy atom. The van der Waals surface area contributed by atoms with Crippen LogP contribution in [0.3, 0.4) is 0 Å². The quantitative estimate of drug-likeness (QED) is 0.660. The van der Waals surface area contributed by atoms with E-state index in [0.717, 1.165) is 42.9 Å². The number of likely N-dealkylation sites (N-methyl/N-ethyl adjacent to an activating group) is 1. The highest BCUT2D eigenvalue weighted by Gasteiger charge is 2.37. The fourth-order valence-electron chi connectivity index (χ4n) is 5.30. The number of piperidine rings is 1. The standard InChI is InChI=1S/C26H39N3OS/c1-25(2)10-11-26(3,4)22-16-20(6-7-21(22)25)23-18-31-24(27-23)29-12-8-19(9-13-29)17-28(5)14-15-30/h6-7,16,18-19,30H,8-15,17H2,1-5H3. The van der Waals surface area contributed by atoms with Gasteiger partial charge < -0.3 is 14.9 Å². The van der Waals surface area contributed by atoms with E-state index in [0.29, 0.717) is 0 Å². The van der Waals surface area contributed by atoms with Gasteiger partial charge in [0.15, 0.2) is 5.13 Å². The van der Waals surface area contributed by atoms with Crippen molar-refractivity contribution in [1.29, 1.82) is 0 Å². The molecule has 5 heteroatoms. The Morgan fingerprint density at radius 1 is 1.10 bits per heavy atom. The highest BCUT2D eigenvalue weighted by Crippen LogP contribution is 2.47. The largest absolute Gasteiger partial charge is 0.395 e. The van der Waals surface area contributed by atoms with Crippen LogP contribution >= 0.6 is 11.3 Å². The van der Waals surface area contributed by atoms with Crippen LogP contribution in [-0.2, 0) is 10.8 Å². The van der Waals surface area contributed by atoms with Gasteiger partial charge in [0.1, 0.15) is 0 Å². The van der Waals surface area contributed by atoms with Gasteiger partial charge in [-0.25, -0.2) is 4.98 Å². The molecule has 0 radical (unpaired) electrons. The Bertz CT molecular complexity index is 896. The molecule has 1 saturated heterocycles. The Morgan fingerprint density at radius 3 is 2.45 bits per heavy atom. The molecule has 1 aliphatic carbocycles. The Balaban J connectivity index is 1.47. The molecular weight excluding hydrogens is 402 g/mol. The van der Waals surface area contributed by atoms with Gasteiger partial charge in [0.05, 0.1) is 12.3 Å². The first-order chi connectivity index (χ1) is 14.7. The average molecular weight is 442 g/mol. The van der Waals surface area contributed by atoms with Crippen molar-refractivity contribution in [1.82, 2.24) is 9.88 Å². The summed E-state index contributed by atoms with van der Waals surface area (Å²) in [5.41, 5.74) is 5.87. The predicted molar refractivity (Wildman–Crippen MR) is 132 cm³/mol. The van der Waals surface area contributed by atoms with E-state index in [1.165, 1.54) is 42.4 Å². The summed E-state index contributed by atoms with van der Waals surface area (Å²) in [5, 5.41) is 12.5. The highest BCUT2D eigenvalue weighted by atomic mass is 32.1. The lowest BCUT2D eigenvalue weighted by Gasteiger charge is -2.42. The lowest BCUT2D eigenvalue weighted by molar-refractivity contribution is 0.192. The van der Waals surface area contributed by atoms with E-state index in [-0.39, 0.29) is 17.4 Å². The number of aliphatic hydroxyl groups is 1.